The Kier molecular flexibility index (Phi) is 5.90. The van der Waals surface area contributed by atoms with Gasteiger partial charge in [0.25, 0.3) is 0 Å². The Morgan fingerprint density at radius 3 is 2.20 bits per heavy atom. The molecule has 1 heterocycles. The summed E-state index contributed by atoms with van der Waals surface area (Å²) in [5.74, 6) is -1.72. The highest BCUT2D eigenvalue weighted by atomic mass is 16.7. The van der Waals surface area contributed by atoms with Crippen LogP contribution in [0, 0.1) is 0 Å². The van der Waals surface area contributed by atoms with Crippen molar-refractivity contribution < 1.29 is 38.4 Å². The third kappa shape index (κ3) is 5.14. The van der Waals surface area contributed by atoms with E-state index in [0.717, 1.165) is 0 Å². The van der Waals surface area contributed by atoms with Gasteiger partial charge in [-0.15, -0.1) is 0 Å². The Hall–Kier alpha value is -1.67. The maximum Gasteiger partial charge on any atom is 0.303 e. The minimum atomic E-state index is -1.20. The van der Waals surface area contributed by atoms with Crippen LogP contribution in [0.25, 0.3) is 0 Å². The molecule has 0 spiro atoms. The van der Waals surface area contributed by atoms with Gasteiger partial charge in [0.05, 0.1) is 0 Å². The lowest BCUT2D eigenvalue weighted by Gasteiger charge is -2.38. The molecule has 8 nitrogen and oxygen atoms in total. The van der Waals surface area contributed by atoms with E-state index in [-0.39, 0.29) is 13.0 Å². The van der Waals surface area contributed by atoms with E-state index in [9.17, 15) is 19.5 Å². The summed E-state index contributed by atoms with van der Waals surface area (Å²) in [5.41, 5.74) is 0. The van der Waals surface area contributed by atoms with E-state index in [1.807, 2.05) is 0 Å². The average molecular weight is 290 g/mol. The van der Waals surface area contributed by atoms with Crippen LogP contribution in [0.4, 0.5) is 0 Å². The van der Waals surface area contributed by atoms with Crippen molar-refractivity contribution >= 4 is 17.9 Å². The maximum absolute atomic E-state index is 11.1. The monoisotopic (exact) mass is 290 g/mol. The molecule has 1 aliphatic heterocycles. The Labute approximate surface area is 115 Å². The number of rotatable bonds is 4. The molecule has 0 aromatic rings. The van der Waals surface area contributed by atoms with Gasteiger partial charge in [0.2, 0.25) is 0 Å². The van der Waals surface area contributed by atoms with Crippen molar-refractivity contribution in [2.24, 2.45) is 0 Å². The van der Waals surface area contributed by atoms with Gasteiger partial charge in [-0.05, 0) is 0 Å². The first-order valence-corrected chi connectivity index (χ1v) is 6.11. The van der Waals surface area contributed by atoms with Gasteiger partial charge in [0, 0.05) is 27.2 Å². The minimum Gasteiger partial charge on any atom is -0.463 e. The molecule has 0 aliphatic carbocycles. The minimum absolute atomic E-state index is 0.0336. The first-order chi connectivity index (χ1) is 9.29. The number of ether oxygens (including phenoxy) is 4. The van der Waals surface area contributed by atoms with Gasteiger partial charge in [-0.25, -0.2) is 0 Å². The molecular weight excluding hydrogens is 272 g/mol. The van der Waals surface area contributed by atoms with Crippen LogP contribution < -0.4 is 0 Å². The number of esters is 3. The summed E-state index contributed by atoms with van der Waals surface area (Å²) in [7, 11) is 0. The van der Waals surface area contributed by atoms with Gasteiger partial charge >= 0.3 is 17.9 Å². The van der Waals surface area contributed by atoms with E-state index in [1.54, 1.807) is 0 Å². The number of hydrogen-bond donors (Lipinski definition) is 1. The van der Waals surface area contributed by atoms with Crippen molar-refractivity contribution in [1.82, 2.24) is 0 Å². The number of hydrogen-bond acceptors (Lipinski definition) is 8. The summed E-state index contributed by atoms with van der Waals surface area (Å²) in [5, 5.41) is 9.59. The molecular formula is C12H18O8. The smallest absolute Gasteiger partial charge is 0.303 e. The molecule has 1 saturated heterocycles. The van der Waals surface area contributed by atoms with Crippen LogP contribution in [-0.4, -0.2) is 54.2 Å². The van der Waals surface area contributed by atoms with E-state index in [2.05, 4.69) is 0 Å². The number of aliphatic hydroxyl groups excluding tert-OH is 1. The molecule has 0 radical (unpaired) electrons. The summed E-state index contributed by atoms with van der Waals surface area (Å²) < 4.78 is 20.0. The Balaban J connectivity index is 2.82. The summed E-state index contributed by atoms with van der Waals surface area (Å²) in [6, 6.07) is 0. The Bertz CT molecular complexity index is 380. The fourth-order valence-corrected chi connectivity index (χ4v) is 1.91. The van der Waals surface area contributed by atoms with Crippen molar-refractivity contribution in [2.45, 2.75) is 51.8 Å². The van der Waals surface area contributed by atoms with Crippen molar-refractivity contribution in [2.75, 3.05) is 6.61 Å². The predicted octanol–water partition coefficient (Wildman–Crippen LogP) is -0.480. The normalized spacial score (nSPS) is 29.4. The lowest BCUT2D eigenvalue weighted by Crippen LogP contribution is -2.53. The Morgan fingerprint density at radius 1 is 1.10 bits per heavy atom. The molecule has 0 amide bonds. The van der Waals surface area contributed by atoms with Gasteiger partial charge in [-0.3, -0.25) is 14.4 Å². The van der Waals surface area contributed by atoms with Crippen LogP contribution in [0.2, 0.25) is 0 Å². The largest absolute Gasteiger partial charge is 0.463 e. The van der Waals surface area contributed by atoms with Gasteiger partial charge in [0.15, 0.2) is 12.4 Å². The summed E-state index contributed by atoms with van der Waals surface area (Å²) in [6.45, 7) is 3.39. The number of aliphatic hydroxyl groups is 1. The molecule has 1 fully saturated rings. The molecule has 0 saturated carbocycles. The van der Waals surface area contributed by atoms with E-state index >= 15 is 0 Å². The first kappa shape index (κ1) is 16.4. The summed E-state index contributed by atoms with van der Waals surface area (Å²) in [6.07, 6.45) is -3.95. The SMILES string of the molecule is CC(=O)OC[C@H]1O[C@H](O)C[C@@H](OC(C)=O)[C@@H]1OC(C)=O. The zero-order valence-corrected chi connectivity index (χ0v) is 11.5. The molecule has 0 aromatic heterocycles. The van der Waals surface area contributed by atoms with Crippen LogP contribution in [0.3, 0.4) is 0 Å². The summed E-state index contributed by atoms with van der Waals surface area (Å²) in [4.78, 5) is 33.0. The van der Waals surface area contributed by atoms with E-state index in [1.165, 1.54) is 20.8 Å². The van der Waals surface area contributed by atoms with Gasteiger partial charge < -0.3 is 24.1 Å². The number of carbonyl (C=O) groups is 3. The molecule has 20 heavy (non-hydrogen) atoms. The molecule has 8 heteroatoms. The van der Waals surface area contributed by atoms with E-state index in [4.69, 9.17) is 18.9 Å². The average Bonchev–Trinajstić information content (AvgIpc) is 2.28. The highest BCUT2D eigenvalue weighted by molar-refractivity contribution is 5.67. The third-order valence-electron chi connectivity index (χ3n) is 2.57. The molecule has 1 N–H and O–H groups in total. The van der Waals surface area contributed by atoms with Crippen LogP contribution >= 0.6 is 0 Å². The molecule has 0 bridgehead atoms. The lowest BCUT2D eigenvalue weighted by atomic mass is 10.0. The van der Waals surface area contributed by atoms with Gasteiger partial charge in [-0.1, -0.05) is 0 Å². The van der Waals surface area contributed by atoms with Gasteiger partial charge in [-0.2, -0.15) is 0 Å². The first-order valence-electron chi connectivity index (χ1n) is 6.11. The van der Waals surface area contributed by atoms with E-state index in [0.29, 0.717) is 0 Å². The second kappa shape index (κ2) is 7.20. The van der Waals surface area contributed by atoms with Crippen molar-refractivity contribution in [3.8, 4) is 0 Å². The van der Waals surface area contributed by atoms with E-state index < -0.39 is 42.5 Å². The lowest BCUT2D eigenvalue weighted by molar-refractivity contribution is -0.252. The third-order valence-corrected chi connectivity index (χ3v) is 2.57. The molecule has 0 unspecified atom stereocenters. The fourth-order valence-electron chi connectivity index (χ4n) is 1.91. The molecule has 4 atom stereocenters. The molecule has 1 aliphatic rings. The quantitative estimate of drug-likeness (QED) is 0.546. The Morgan fingerprint density at radius 2 is 1.70 bits per heavy atom. The van der Waals surface area contributed by atoms with Crippen molar-refractivity contribution in [1.29, 1.82) is 0 Å². The molecule has 1 rings (SSSR count). The predicted molar refractivity (Wildman–Crippen MR) is 63.2 cm³/mol. The zero-order chi connectivity index (χ0) is 15.3. The zero-order valence-electron chi connectivity index (χ0n) is 11.5. The van der Waals surface area contributed by atoms with Crippen LogP contribution in [0.5, 0.6) is 0 Å². The maximum atomic E-state index is 11.1. The second-order valence-corrected chi connectivity index (χ2v) is 4.39. The second-order valence-electron chi connectivity index (χ2n) is 4.39. The number of carbonyl (C=O) groups excluding carboxylic acids is 3. The van der Waals surface area contributed by atoms with Crippen molar-refractivity contribution in [3.05, 3.63) is 0 Å². The van der Waals surface area contributed by atoms with Gasteiger partial charge in [0.1, 0.15) is 18.8 Å². The topological polar surface area (TPSA) is 108 Å². The fraction of sp³-hybridized carbons (Fsp3) is 0.750. The summed E-state index contributed by atoms with van der Waals surface area (Å²) >= 11 is 0. The molecule has 114 valence electrons. The molecule has 0 aromatic carbocycles. The standard InChI is InChI=1S/C12H18O8/c1-6(13)17-5-10-12(19-8(3)15)9(18-7(2)14)4-11(16)20-10/h9-12,16H,4-5H2,1-3H3/t9-,10-,11+,12+/m1/s1. The van der Waals surface area contributed by atoms with Crippen LogP contribution in [0.1, 0.15) is 27.2 Å². The van der Waals surface area contributed by atoms with Crippen LogP contribution in [-0.2, 0) is 33.3 Å². The highest BCUT2D eigenvalue weighted by Crippen LogP contribution is 2.25. The van der Waals surface area contributed by atoms with Crippen molar-refractivity contribution in [3.63, 3.8) is 0 Å². The highest BCUT2D eigenvalue weighted by Gasteiger charge is 2.43. The van der Waals surface area contributed by atoms with Crippen LogP contribution in [0.15, 0.2) is 0 Å².